The Balaban J connectivity index is 3.26. The van der Waals surface area contributed by atoms with Crippen molar-refractivity contribution >= 4 is 21.9 Å². The van der Waals surface area contributed by atoms with E-state index in [1.807, 2.05) is 13.8 Å². The number of rotatable bonds is 3. The predicted molar refractivity (Wildman–Crippen MR) is 56.0 cm³/mol. The van der Waals surface area contributed by atoms with E-state index in [9.17, 15) is 8.42 Å². The van der Waals surface area contributed by atoms with E-state index < -0.39 is 10.3 Å². The third-order valence-corrected chi connectivity index (χ3v) is 2.52. The highest BCUT2D eigenvalue weighted by Gasteiger charge is 2.22. The summed E-state index contributed by atoms with van der Waals surface area (Å²) >= 11 is 5.82. The van der Waals surface area contributed by atoms with Gasteiger partial charge in [0.25, 0.3) is 0 Å². The van der Waals surface area contributed by atoms with Crippen LogP contribution in [0.25, 0.3) is 0 Å². The number of halogens is 1. The summed E-state index contributed by atoms with van der Waals surface area (Å²) in [4.78, 5) is 0. The van der Waals surface area contributed by atoms with Crippen LogP contribution >= 0.6 is 11.6 Å². The molecule has 15 heavy (non-hydrogen) atoms. The molecule has 0 aliphatic carbocycles. The van der Waals surface area contributed by atoms with Gasteiger partial charge >= 0.3 is 10.3 Å². The molecule has 2 N–H and O–H groups in total. The Hall–Kier alpha value is -0.790. The molecule has 0 saturated carbocycles. The molecule has 8 heteroatoms. The second kappa shape index (κ2) is 3.99. The molecular weight excluding hydrogens is 242 g/mol. The Bertz CT molecular complexity index is 466. The first-order valence-electron chi connectivity index (χ1n) is 4.17. The van der Waals surface area contributed by atoms with Crippen LogP contribution in [0.3, 0.4) is 0 Å². The molecular formula is C7H12ClN3O3S. The average molecular weight is 254 g/mol. The van der Waals surface area contributed by atoms with Crippen LogP contribution < -0.4 is 9.32 Å². The Morgan fingerprint density at radius 3 is 2.47 bits per heavy atom. The fourth-order valence-corrected chi connectivity index (χ4v) is 1.69. The summed E-state index contributed by atoms with van der Waals surface area (Å²) < 4.78 is 27.5. The van der Waals surface area contributed by atoms with Crippen molar-refractivity contribution in [2.45, 2.75) is 19.8 Å². The number of nitrogens with two attached hydrogens (primary N) is 1. The minimum absolute atomic E-state index is 0.00309. The molecule has 1 aromatic rings. The fourth-order valence-electron chi connectivity index (χ4n) is 1.07. The Kier molecular flexibility index (Phi) is 3.27. The maximum absolute atomic E-state index is 10.8. The first-order chi connectivity index (χ1) is 6.72. The van der Waals surface area contributed by atoms with Gasteiger partial charge in [0.15, 0.2) is 5.15 Å². The molecule has 1 heterocycles. The average Bonchev–Trinajstić information content (AvgIpc) is 2.30. The first kappa shape index (κ1) is 12.3. The number of hydrogen-bond acceptors (Lipinski definition) is 4. The zero-order valence-electron chi connectivity index (χ0n) is 8.56. The molecule has 6 nitrogen and oxygen atoms in total. The second-order valence-corrected chi connectivity index (χ2v) is 4.87. The summed E-state index contributed by atoms with van der Waals surface area (Å²) in [6, 6.07) is 0. The smallest absolute Gasteiger partial charge is 0.366 e. The normalized spacial score (nSPS) is 12.1. The molecule has 0 aromatic carbocycles. The molecule has 1 aromatic heterocycles. The molecule has 0 spiro atoms. The molecule has 0 radical (unpaired) electrons. The molecule has 1 rings (SSSR count). The number of aromatic nitrogens is 2. The van der Waals surface area contributed by atoms with E-state index >= 15 is 0 Å². The van der Waals surface area contributed by atoms with E-state index in [2.05, 4.69) is 9.28 Å². The van der Waals surface area contributed by atoms with Crippen LogP contribution in [-0.4, -0.2) is 18.2 Å². The van der Waals surface area contributed by atoms with Crippen molar-refractivity contribution in [1.29, 1.82) is 0 Å². The molecule has 0 aliphatic rings. The van der Waals surface area contributed by atoms with Gasteiger partial charge in [-0.25, -0.2) is 0 Å². The zero-order valence-corrected chi connectivity index (χ0v) is 10.1. The van der Waals surface area contributed by atoms with Crippen molar-refractivity contribution in [3.63, 3.8) is 0 Å². The van der Waals surface area contributed by atoms with Crippen LogP contribution in [0.4, 0.5) is 0 Å². The Labute approximate surface area is 93.2 Å². The lowest BCUT2D eigenvalue weighted by Gasteiger charge is -2.04. The van der Waals surface area contributed by atoms with E-state index in [1.54, 1.807) is 7.05 Å². The molecule has 0 unspecified atom stereocenters. The SMILES string of the molecule is CC(C)c1nn(C)c(Cl)c1OS(N)(=O)=O. The third-order valence-electron chi connectivity index (χ3n) is 1.71. The number of hydrogen-bond donors (Lipinski definition) is 1. The summed E-state index contributed by atoms with van der Waals surface area (Å²) in [5.74, 6) is -0.0166. The largest absolute Gasteiger partial charge is 0.380 e. The third kappa shape index (κ3) is 2.83. The van der Waals surface area contributed by atoms with E-state index in [-0.39, 0.29) is 16.8 Å². The highest BCUT2D eigenvalue weighted by Crippen LogP contribution is 2.33. The summed E-state index contributed by atoms with van der Waals surface area (Å²) in [5, 5.41) is 8.91. The molecule has 0 bridgehead atoms. The molecule has 86 valence electrons. The molecule has 0 saturated heterocycles. The van der Waals surface area contributed by atoms with Crippen molar-refractivity contribution in [3.05, 3.63) is 10.8 Å². The first-order valence-corrected chi connectivity index (χ1v) is 6.02. The quantitative estimate of drug-likeness (QED) is 0.862. The van der Waals surface area contributed by atoms with Gasteiger partial charge in [-0.1, -0.05) is 25.4 Å². The van der Waals surface area contributed by atoms with Crippen LogP contribution in [0.2, 0.25) is 5.15 Å². The zero-order chi connectivity index (χ0) is 11.8. The van der Waals surface area contributed by atoms with Gasteiger partial charge < -0.3 is 4.18 Å². The van der Waals surface area contributed by atoms with Gasteiger partial charge in [0.2, 0.25) is 5.75 Å². The van der Waals surface area contributed by atoms with Crippen molar-refractivity contribution in [2.24, 2.45) is 12.2 Å². The minimum Gasteiger partial charge on any atom is -0.366 e. The minimum atomic E-state index is -4.08. The van der Waals surface area contributed by atoms with Crippen molar-refractivity contribution in [3.8, 4) is 5.75 Å². The number of aryl methyl sites for hydroxylation is 1. The van der Waals surface area contributed by atoms with Gasteiger partial charge in [-0.3, -0.25) is 4.68 Å². The maximum Gasteiger partial charge on any atom is 0.380 e. The van der Waals surface area contributed by atoms with E-state index in [4.69, 9.17) is 16.7 Å². The summed E-state index contributed by atoms with van der Waals surface area (Å²) in [5.41, 5.74) is 0.455. The lowest BCUT2D eigenvalue weighted by molar-refractivity contribution is 0.483. The van der Waals surface area contributed by atoms with Crippen LogP contribution in [-0.2, 0) is 17.4 Å². The van der Waals surface area contributed by atoms with Crippen molar-refractivity contribution in [1.82, 2.24) is 9.78 Å². The molecule has 0 amide bonds. The summed E-state index contributed by atoms with van der Waals surface area (Å²) in [6.07, 6.45) is 0. The van der Waals surface area contributed by atoms with Crippen LogP contribution in [0.1, 0.15) is 25.5 Å². The highest BCUT2D eigenvalue weighted by atomic mass is 35.5. The Morgan fingerprint density at radius 2 is 2.07 bits per heavy atom. The second-order valence-electron chi connectivity index (χ2n) is 3.36. The van der Waals surface area contributed by atoms with E-state index in [0.29, 0.717) is 5.69 Å². The van der Waals surface area contributed by atoms with Gasteiger partial charge in [-0.05, 0) is 0 Å². The molecule has 0 aliphatic heterocycles. The molecule has 0 fully saturated rings. The van der Waals surface area contributed by atoms with Crippen molar-refractivity contribution in [2.75, 3.05) is 0 Å². The van der Waals surface area contributed by atoms with Gasteiger partial charge in [-0.15, -0.1) is 0 Å². The van der Waals surface area contributed by atoms with Crippen LogP contribution in [0.5, 0.6) is 5.75 Å². The van der Waals surface area contributed by atoms with Crippen LogP contribution in [0, 0.1) is 0 Å². The molecule has 0 atom stereocenters. The lowest BCUT2D eigenvalue weighted by atomic mass is 10.1. The van der Waals surface area contributed by atoms with E-state index in [0.717, 1.165) is 0 Å². The monoisotopic (exact) mass is 253 g/mol. The summed E-state index contributed by atoms with van der Waals surface area (Å²) in [6.45, 7) is 3.68. The van der Waals surface area contributed by atoms with Gasteiger partial charge in [-0.2, -0.15) is 18.7 Å². The van der Waals surface area contributed by atoms with Gasteiger partial charge in [0.05, 0.1) is 0 Å². The predicted octanol–water partition coefficient (Wildman–Crippen LogP) is 0.779. The van der Waals surface area contributed by atoms with E-state index in [1.165, 1.54) is 4.68 Å². The van der Waals surface area contributed by atoms with Crippen molar-refractivity contribution < 1.29 is 12.6 Å². The van der Waals surface area contributed by atoms with Gasteiger partial charge in [0.1, 0.15) is 5.69 Å². The maximum atomic E-state index is 10.8. The topological polar surface area (TPSA) is 87.2 Å². The lowest BCUT2D eigenvalue weighted by Crippen LogP contribution is -2.19. The fraction of sp³-hybridized carbons (Fsp3) is 0.571. The Morgan fingerprint density at radius 1 is 1.53 bits per heavy atom. The van der Waals surface area contributed by atoms with Gasteiger partial charge in [0, 0.05) is 13.0 Å². The standard InChI is InChI=1S/C7H12ClN3O3S/c1-4(2)5-6(14-15(9,12)13)7(8)11(3)10-5/h4H,1-3H3,(H2,9,12,13). The summed E-state index contributed by atoms with van der Waals surface area (Å²) in [7, 11) is -2.49. The highest BCUT2D eigenvalue weighted by molar-refractivity contribution is 7.84. The van der Waals surface area contributed by atoms with Crippen LogP contribution in [0.15, 0.2) is 0 Å². The number of nitrogens with zero attached hydrogens (tertiary/aromatic N) is 2.